The minimum absolute atomic E-state index is 0.119. The smallest absolute Gasteiger partial charge is 0.305 e. The zero-order valence-electron chi connectivity index (χ0n) is 18.7. The molecule has 0 aromatic heterocycles. The average molecular weight is 536 g/mol. The quantitative estimate of drug-likeness (QED) is 0.310. The molecule has 3 aromatic carbocycles. The van der Waals surface area contributed by atoms with Gasteiger partial charge in [0.2, 0.25) is 0 Å². The van der Waals surface area contributed by atoms with E-state index in [1.54, 1.807) is 6.07 Å². The number of ether oxygens (including phenoxy) is 1. The number of hydrogen-bond donors (Lipinski definition) is 3. The van der Waals surface area contributed by atoms with Crippen LogP contribution in [0.1, 0.15) is 43.5 Å². The van der Waals surface area contributed by atoms with Crippen LogP contribution in [0.4, 0.5) is 13.2 Å². The number of ketones is 2. The van der Waals surface area contributed by atoms with Gasteiger partial charge in [0.15, 0.2) is 17.7 Å². The van der Waals surface area contributed by atoms with Gasteiger partial charge in [0.05, 0.1) is 17.7 Å². The number of carbonyl (C=O) groups excluding carboxylic acids is 2. The van der Waals surface area contributed by atoms with E-state index < -0.39 is 79.9 Å². The van der Waals surface area contributed by atoms with Crippen LogP contribution in [0.5, 0.6) is 0 Å². The molecule has 194 valence electrons. The fourth-order valence-electron chi connectivity index (χ4n) is 4.13. The lowest BCUT2D eigenvalue weighted by molar-refractivity contribution is -0.114. The van der Waals surface area contributed by atoms with E-state index in [9.17, 15) is 32.8 Å². The maximum atomic E-state index is 16.0. The van der Waals surface area contributed by atoms with Gasteiger partial charge in [-0.3, -0.25) is 14.1 Å². The predicted molar refractivity (Wildman–Crippen MR) is 122 cm³/mol. The third-order valence-corrected chi connectivity index (χ3v) is 6.83. The minimum atomic E-state index is -5.48. The second-order valence-electron chi connectivity index (χ2n) is 8.25. The van der Waals surface area contributed by atoms with Crippen molar-refractivity contribution >= 4 is 21.7 Å². The molecule has 1 heterocycles. The van der Waals surface area contributed by atoms with Gasteiger partial charge in [-0.05, 0) is 6.07 Å². The maximum Gasteiger partial charge on any atom is 0.305 e. The van der Waals surface area contributed by atoms with E-state index in [-0.39, 0.29) is 11.1 Å². The molecule has 3 atom stereocenters. The van der Waals surface area contributed by atoms with E-state index in [2.05, 4.69) is 0 Å². The third-order valence-electron chi connectivity index (χ3n) is 5.94. The summed E-state index contributed by atoms with van der Waals surface area (Å²) < 4.78 is 86.0. The lowest BCUT2D eigenvalue weighted by Crippen LogP contribution is -2.38. The molecule has 4 rings (SSSR count). The van der Waals surface area contributed by atoms with Crippen molar-refractivity contribution in [2.24, 2.45) is 0 Å². The largest absolute Gasteiger partial charge is 0.394 e. The van der Waals surface area contributed by atoms with E-state index in [4.69, 9.17) is 4.74 Å². The molecule has 12 heteroatoms. The Morgan fingerprint density at radius 2 is 1.46 bits per heavy atom. The van der Waals surface area contributed by atoms with Crippen LogP contribution in [-0.2, 0) is 14.9 Å². The van der Waals surface area contributed by atoms with E-state index in [1.807, 2.05) is 0 Å². The molecule has 0 bridgehead atoms. The van der Waals surface area contributed by atoms with E-state index in [0.29, 0.717) is 6.07 Å². The Hall–Kier alpha value is -3.42. The molecule has 0 amide bonds. The first-order valence-corrected chi connectivity index (χ1v) is 12.2. The normalized spacial score (nSPS) is 21.1. The molecule has 37 heavy (non-hydrogen) atoms. The first-order chi connectivity index (χ1) is 17.4. The highest BCUT2D eigenvalue weighted by atomic mass is 32.2. The van der Waals surface area contributed by atoms with Crippen LogP contribution < -0.4 is 0 Å². The highest BCUT2D eigenvalue weighted by Crippen LogP contribution is 2.49. The summed E-state index contributed by atoms with van der Waals surface area (Å²) in [6.07, 6.45) is -7.37. The number of rotatable bonds is 7. The molecule has 1 aliphatic heterocycles. The summed E-state index contributed by atoms with van der Waals surface area (Å²) in [6, 6.07) is 14.0. The second kappa shape index (κ2) is 9.80. The van der Waals surface area contributed by atoms with Crippen molar-refractivity contribution in [1.82, 2.24) is 0 Å². The lowest BCUT2D eigenvalue weighted by Gasteiger charge is -2.25. The molecule has 1 saturated heterocycles. The summed E-state index contributed by atoms with van der Waals surface area (Å²) in [4.78, 5) is 25.1. The van der Waals surface area contributed by atoms with Crippen molar-refractivity contribution < 1.29 is 50.7 Å². The van der Waals surface area contributed by atoms with Crippen molar-refractivity contribution in [2.45, 2.75) is 29.1 Å². The summed E-state index contributed by atoms with van der Waals surface area (Å²) in [5, 5.41) is 19.3. The van der Waals surface area contributed by atoms with Gasteiger partial charge in [0.25, 0.3) is 10.1 Å². The van der Waals surface area contributed by atoms with Crippen LogP contribution in [-0.4, -0.2) is 59.5 Å². The Balaban J connectivity index is 2.10. The van der Waals surface area contributed by atoms with Gasteiger partial charge in [-0.2, -0.15) is 8.42 Å². The number of carbonyl (C=O) groups is 2. The number of aliphatic hydroxyl groups excluding tert-OH is 2. The Bertz CT molecular complexity index is 1460. The van der Waals surface area contributed by atoms with Crippen molar-refractivity contribution in [3.8, 4) is 0 Å². The summed E-state index contributed by atoms with van der Waals surface area (Å²) in [6.45, 7) is -1.12. The first-order valence-electron chi connectivity index (χ1n) is 10.7. The van der Waals surface area contributed by atoms with Crippen molar-refractivity contribution in [3.63, 3.8) is 0 Å². The Morgan fingerprint density at radius 1 is 0.946 bits per heavy atom. The molecule has 0 radical (unpaired) electrons. The van der Waals surface area contributed by atoms with Crippen LogP contribution in [0, 0.1) is 5.82 Å². The zero-order valence-corrected chi connectivity index (χ0v) is 19.5. The van der Waals surface area contributed by atoms with Gasteiger partial charge >= 0.3 is 5.92 Å². The van der Waals surface area contributed by atoms with Crippen LogP contribution in [0.15, 0.2) is 71.6 Å². The van der Waals surface area contributed by atoms with Gasteiger partial charge in [0.1, 0.15) is 22.9 Å². The standard InChI is InChI=1S/C25H19F3O8S/c26-20-15(21(30)13-7-3-1-4-8-13)11-17(37(33,34)35)18(19(20)22(31)14-9-5-2-6-10-14)24-25(27,28)23(32)16(12-29)36-24/h1-11,16,23-24,29,32H,12H2,(H,33,34,35)/t16-,23-,24+/m1/s1. The van der Waals surface area contributed by atoms with Crippen molar-refractivity contribution in [3.05, 3.63) is 100 Å². The lowest BCUT2D eigenvalue weighted by atomic mass is 9.88. The number of halogens is 3. The second-order valence-corrected chi connectivity index (χ2v) is 9.64. The van der Waals surface area contributed by atoms with Crippen molar-refractivity contribution in [2.75, 3.05) is 6.61 Å². The van der Waals surface area contributed by atoms with Crippen LogP contribution >= 0.6 is 0 Å². The van der Waals surface area contributed by atoms with E-state index in [1.165, 1.54) is 54.6 Å². The maximum absolute atomic E-state index is 16.0. The molecule has 1 fully saturated rings. The van der Waals surface area contributed by atoms with Gasteiger partial charge in [0, 0.05) is 16.7 Å². The van der Waals surface area contributed by atoms with Crippen LogP contribution in [0.2, 0.25) is 0 Å². The fourth-order valence-corrected chi connectivity index (χ4v) is 4.89. The number of benzene rings is 3. The topological polar surface area (TPSA) is 138 Å². The third kappa shape index (κ3) is 4.69. The molecule has 3 aromatic rings. The predicted octanol–water partition coefficient (Wildman–Crippen LogP) is 2.96. The minimum Gasteiger partial charge on any atom is -0.394 e. The Morgan fingerprint density at radius 3 is 1.92 bits per heavy atom. The zero-order chi connectivity index (χ0) is 27.1. The average Bonchev–Trinajstić information content (AvgIpc) is 3.11. The van der Waals surface area contributed by atoms with Gasteiger partial charge in [-0.25, -0.2) is 13.2 Å². The molecule has 0 saturated carbocycles. The highest BCUT2D eigenvalue weighted by molar-refractivity contribution is 7.85. The first kappa shape index (κ1) is 26.6. The fraction of sp³-hybridized carbons (Fsp3) is 0.200. The Labute approximate surface area is 208 Å². The monoisotopic (exact) mass is 536 g/mol. The molecule has 0 spiro atoms. The number of aliphatic hydroxyl groups is 2. The van der Waals surface area contributed by atoms with E-state index >= 15 is 13.2 Å². The summed E-state index contributed by atoms with van der Waals surface area (Å²) >= 11 is 0. The number of hydrogen-bond acceptors (Lipinski definition) is 7. The van der Waals surface area contributed by atoms with Crippen LogP contribution in [0.3, 0.4) is 0 Å². The molecular formula is C25H19F3O8S. The molecular weight excluding hydrogens is 517 g/mol. The van der Waals surface area contributed by atoms with Crippen molar-refractivity contribution in [1.29, 1.82) is 0 Å². The molecule has 3 N–H and O–H groups in total. The van der Waals surface area contributed by atoms with Crippen LogP contribution in [0.25, 0.3) is 0 Å². The number of alkyl halides is 2. The molecule has 0 unspecified atom stereocenters. The van der Waals surface area contributed by atoms with Gasteiger partial charge < -0.3 is 14.9 Å². The van der Waals surface area contributed by atoms with Gasteiger partial charge in [-0.1, -0.05) is 60.7 Å². The van der Waals surface area contributed by atoms with Gasteiger partial charge in [-0.15, -0.1) is 0 Å². The SMILES string of the molecule is O=C(c1ccccc1)c1cc(S(=O)(=O)O)c([C@@H]2O[C@H](CO)[C@@H](O)C2(F)F)c(C(=O)c2ccccc2)c1F. The molecule has 0 aliphatic carbocycles. The summed E-state index contributed by atoms with van der Waals surface area (Å²) in [5.41, 5.74) is -3.92. The highest BCUT2D eigenvalue weighted by Gasteiger charge is 2.60. The summed E-state index contributed by atoms with van der Waals surface area (Å²) in [5.74, 6) is -8.35. The molecule has 1 aliphatic rings. The Kier molecular flexibility index (Phi) is 7.06. The van der Waals surface area contributed by atoms with E-state index in [0.717, 1.165) is 0 Å². The summed E-state index contributed by atoms with van der Waals surface area (Å²) in [7, 11) is -5.48. The molecule has 8 nitrogen and oxygen atoms in total.